The Morgan fingerprint density at radius 2 is 2.25 bits per heavy atom. The Hall–Kier alpha value is -1.75. The van der Waals surface area contributed by atoms with Gasteiger partial charge in [-0.3, -0.25) is 9.79 Å². The van der Waals surface area contributed by atoms with Gasteiger partial charge in [-0.15, -0.1) is 0 Å². The monoisotopic (exact) mass is 350 g/mol. The van der Waals surface area contributed by atoms with Crippen molar-refractivity contribution in [2.24, 2.45) is 10.9 Å². The number of carbonyl (C=O) groups is 1. The molecule has 0 saturated carbocycles. The van der Waals surface area contributed by atoms with Gasteiger partial charge in [-0.1, -0.05) is 30.7 Å². The third kappa shape index (κ3) is 6.04. The number of carbonyl (C=O) groups excluding carboxylic acids is 1. The summed E-state index contributed by atoms with van der Waals surface area (Å²) in [6.07, 6.45) is 2.83. The van der Waals surface area contributed by atoms with Gasteiger partial charge in [0.1, 0.15) is 0 Å². The SMILES string of the molecule is CN=C(NCCC(=O)N1CCCC(C)C1)NCc1cccc(Cl)c1. The molecule has 5 nitrogen and oxygen atoms in total. The second-order valence-corrected chi connectivity index (χ2v) is 6.76. The Kier molecular flexibility index (Phi) is 7.37. The van der Waals surface area contributed by atoms with E-state index in [1.807, 2.05) is 29.2 Å². The Balaban J connectivity index is 1.70. The van der Waals surface area contributed by atoms with Crippen LogP contribution in [-0.2, 0) is 11.3 Å². The van der Waals surface area contributed by atoms with Crippen LogP contribution in [0.1, 0.15) is 31.7 Å². The zero-order valence-corrected chi connectivity index (χ0v) is 15.3. The summed E-state index contributed by atoms with van der Waals surface area (Å²) in [5, 5.41) is 7.14. The van der Waals surface area contributed by atoms with Gasteiger partial charge in [-0.2, -0.15) is 0 Å². The van der Waals surface area contributed by atoms with E-state index in [1.165, 1.54) is 6.42 Å². The van der Waals surface area contributed by atoms with E-state index in [0.29, 0.717) is 31.4 Å². The van der Waals surface area contributed by atoms with Gasteiger partial charge in [0, 0.05) is 44.7 Å². The van der Waals surface area contributed by atoms with Crippen LogP contribution >= 0.6 is 11.6 Å². The standard InChI is InChI=1S/C18H27ClN4O/c1-14-5-4-10-23(13-14)17(24)8-9-21-18(20-2)22-12-15-6-3-7-16(19)11-15/h3,6-7,11,14H,4-5,8-10,12-13H2,1-2H3,(H2,20,21,22). The van der Waals surface area contributed by atoms with Crippen molar-refractivity contribution in [2.75, 3.05) is 26.7 Å². The third-order valence-electron chi connectivity index (χ3n) is 4.21. The molecular weight excluding hydrogens is 324 g/mol. The van der Waals surface area contributed by atoms with E-state index in [4.69, 9.17) is 11.6 Å². The molecule has 1 saturated heterocycles. The molecule has 1 aliphatic heterocycles. The largest absolute Gasteiger partial charge is 0.356 e. The van der Waals surface area contributed by atoms with Crippen LogP contribution in [0.3, 0.4) is 0 Å². The molecule has 1 amide bonds. The van der Waals surface area contributed by atoms with Crippen molar-refractivity contribution in [3.05, 3.63) is 34.9 Å². The Labute approximate surface area is 149 Å². The molecule has 0 aliphatic carbocycles. The van der Waals surface area contributed by atoms with Gasteiger partial charge in [-0.05, 0) is 36.5 Å². The highest BCUT2D eigenvalue weighted by atomic mass is 35.5. The number of amides is 1. The fourth-order valence-corrected chi connectivity index (χ4v) is 3.13. The van der Waals surface area contributed by atoms with Crippen LogP contribution in [0.25, 0.3) is 0 Å². The molecular formula is C18H27ClN4O. The predicted molar refractivity (Wildman–Crippen MR) is 99.2 cm³/mol. The Morgan fingerprint density at radius 3 is 2.96 bits per heavy atom. The van der Waals surface area contributed by atoms with Crippen LogP contribution in [0.15, 0.2) is 29.3 Å². The van der Waals surface area contributed by atoms with Crippen LogP contribution < -0.4 is 10.6 Å². The smallest absolute Gasteiger partial charge is 0.224 e. The van der Waals surface area contributed by atoms with E-state index in [2.05, 4.69) is 22.5 Å². The normalized spacial score (nSPS) is 18.4. The summed E-state index contributed by atoms with van der Waals surface area (Å²) in [5.41, 5.74) is 1.09. The Bertz CT molecular complexity index is 576. The fraction of sp³-hybridized carbons (Fsp3) is 0.556. The topological polar surface area (TPSA) is 56.7 Å². The molecule has 0 bridgehead atoms. The van der Waals surface area contributed by atoms with Crippen molar-refractivity contribution in [2.45, 2.75) is 32.7 Å². The van der Waals surface area contributed by atoms with Crippen molar-refractivity contribution < 1.29 is 4.79 Å². The van der Waals surface area contributed by atoms with E-state index in [1.54, 1.807) is 7.05 Å². The first kappa shape index (κ1) is 18.6. The van der Waals surface area contributed by atoms with Crippen molar-refractivity contribution in [1.29, 1.82) is 0 Å². The minimum Gasteiger partial charge on any atom is -0.356 e. The summed E-state index contributed by atoms with van der Waals surface area (Å²) in [4.78, 5) is 18.4. The van der Waals surface area contributed by atoms with E-state index in [0.717, 1.165) is 30.1 Å². The minimum absolute atomic E-state index is 0.222. The molecule has 0 radical (unpaired) electrons. The number of guanidine groups is 1. The molecule has 24 heavy (non-hydrogen) atoms. The number of aliphatic imine (C=N–C) groups is 1. The second kappa shape index (κ2) is 9.52. The molecule has 1 aromatic rings. The van der Waals surface area contributed by atoms with Crippen molar-refractivity contribution >= 4 is 23.5 Å². The van der Waals surface area contributed by atoms with Crippen molar-refractivity contribution in [1.82, 2.24) is 15.5 Å². The lowest BCUT2D eigenvalue weighted by Gasteiger charge is -2.31. The maximum absolute atomic E-state index is 12.2. The average molecular weight is 351 g/mol. The molecule has 1 unspecified atom stereocenters. The van der Waals surface area contributed by atoms with Gasteiger partial charge in [0.25, 0.3) is 0 Å². The van der Waals surface area contributed by atoms with Crippen molar-refractivity contribution in [3.8, 4) is 0 Å². The summed E-state index contributed by atoms with van der Waals surface area (Å²) in [6.45, 7) is 5.21. The van der Waals surface area contributed by atoms with Crippen LogP contribution in [0.5, 0.6) is 0 Å². The summed E-state index contributed by atoms with van der Waals surface area (Å²) in [7, 11) is 1.72. The number of nitrogens with one attached hydrogen (secondary N) is 2. The first-order chi connectivity index (χ1) is 11.6. The maximum atomic E-state index is 12.2. The number of hydrogen-bond acceptors (Lipinski definition) is 2. The zero-order valence-electron chi connectivity index (χ0n) is 14.5. The van der Waals surface area contributed by atoms with Gasteiger partial charge in [-0.25, -0.2) is 0 Å². The van der Waals surface area contributed by atoms with Gasteiger partial charge in [0.2, 0.25) is 5.91 Å². The maximum Gasteiger partial charge on any atom is 0.224 e. The molecule has 132 valence electrons. The predicted octanol–water partition coefficient (Wildman–Crippen LogP) is 2.65. The quantitative estimate of drug-likeness (QED) is 0.634. The van der Waals surface area contributed by atoms with Crippen LogP contribution in [0.2, 0.25) is 5.02 Å². The van der Waals surface area contributed by atoms with E-state index >= 15 is 0 Å². The number of hydrogen-bond donors (Lipinski definition) is 2. The lowest BCUT2D eigenvalue weighted by atomic mass is 10.00. The van der Waals surface area contributed by atoms with Gasteiger partial charge >= 0.3 is 0 Å². The number of likely N-dealkylation sites (tertiary alicyclic amines) is 1. The summed E-state index contributed by atoms with van der Waals surface area (Å²) in [6, 6.07) is 7.70. The highest BCUT2D eigenvalue weighted by Crippen LogP contribution is 2.15. The van der Waals surface area contributed by atoms with Gasteiger partial charge in [0.15, 0.2) is 5.96 Å². The second-order valence-electron chi connectivity index (χ2n) is 6.32. The molecule has 1 aromatic carbocycles. The summed E-state index contributed by atoms with van der Waals surface area (Å²) >= 11 is 5.98. The van der Waals surface area contributed by atoms with E-state index in [-0.39, 0.29) is 5.91 Å². The number of piperidine rings is 1. The highest BCUT2D eigenvalue weighted by molar-refractivity contribution is 6.30. The first-order valence-electron chi connectivity index (χ1n) is 8.55. The minimum atomic E-state index is 0.222. The number of rotatable bonds is 5. The van der Waals surface area contributed by atoms with Crippen LogP contribution in [-0.4, -0.2) is 43.4 Å². The molecule has 1 aliphatic rings. The van der Waals surface area contributed by atoms with E-state index < -0.39 is 0 Å². The summed E-state index contributed by atoms with van der Waals surface area (Å²) < 4.78 is 0. The lowest BCUT2D eigenvalue weighted by Crippen LogP contribution is -2.42. The number of nitrogens with zero attached hydrogens (tertiary/aromatic N) is 2. The number of halogens is 1. The molecule has 1 atom stereocenters. The zero-order chi connectivity index (χ0) is 17.4. The lowest BCUT2D eigenvalue weighted by molar-refractivity contribution is -0.132. The highest BCUT2D eigenvalue weighted by Gasteiger charge is 2.20. The average Bonchev–Trinajstić information content (AvgIpc) is 2.57. The van der Waals surface area contributed by atoms with Crippen LogP contribution in [0, 0.1) is 5.92 Å². The molecule has 0 aromatic heterocycles. The molecule has 0 spiro atoms. The van der Waals surface area contributed by atoms with E-state index in [9.17, 15) is 4.79 Å². The molecule has 6 heteroatoms. The molecule has 1 heterocycles. The molecule has 2 rings (SSSR count). The first-order valence-corrected chi connectivity index (χ1v) is 8.93. The Morgan fingerprint density at radius 1 is 1.42 bits per heavy atom. The van der Waals surface area contributed by atoms with Crippen LogP contribution in [0.4, 0.5) is 0 Å². The van der Waals surface area contributed by atoms with Crippen molar-refractivity contribution in [3.63, 3.8) is 0 Å². The molecule has 1 fully saturated rings. The third-order valence-corrected chi connectivity index (χ3v) is 4.45. The van der Waals surface area contributed by atoms with Gasteiger partial charge in [0.05, 0.1) is 0 Å². The molecule has 2 N–H and O–H groups in total. The number of benzene rings is 1. The van der Waals surface area contributed by atoms with Gasteiger partial charge < -0.3 is 15.5 Å². The fourth-order valence-electron chi connectivity index (χ4n) is 2.92. The summed E-state index contributed by atoms with van der Waals surface area (Å²) in [5.74, 6) is 1.52.